The summed E-state index contributed by atoms with van der Waals surface area (Å²) < 4.78 is 152. The van der Waals surface area contributed by atoms with Gasteiger partial charge in [-0.15, -0.1) is 0 Å². The highest BCUT2D eigenvalue weighted by Crippen LogP contribution is 2.52. The second-order valence-electron chi connectivity index (χ2n) is 42.3. The summed E-state index contributed by atoms with van der Waals surface area (Å²) in [5, 5.41) is 140. The van der Waals surface area contributed by atoms with E-state index >= 15 is 0 Å². The first kappa shape index (κ1) is 140. The summed E-state index contributed by atoms with van der Waals surface area (Å²) in [5.41, 5.74) is -3.25. The van der Waals surface area contributed by atoms with E-state index in [-0.39, 0.29) is 148 Å². The van der Waals surface area contributed by atoms with Crippen molar-refractivity contribution in [1.82, 2.24) is 42.5 Å². The number of carbonyl (C=O) groups excluding carboxylic acids is 8. The monoisotopic (exact) mass is 2230 g/mol. The molecular formula is C91H175N8O47P3. The molecule has 0 radical (unpaired) electrons. The molecule has 4 saturated heterocycles. The van der Waals surface area contributed by atoms with E-state index < -0.39 is 281 Å². The van der Waals surface area contributed by atoms with Gasteiger partial charge in [-0.25, -0.2) is 13.7 Å². The van der Waals surface area contributed by atoms with Crippen molar-refractivity contribution in [2.45, 2.75) is 355 Å². The van der Waals surface area contributed by atoms with Gasteiger partial charge in [0.2, 0.25) is 47.3 Å². The number of hydrogen-bond donors (Lipinski definition) is 23. The first-order valence-corrected chi connectivity index (χ1v) is 53.8. The molecular weight excluding hydrogens is 2050 g/mol. The minimum Gasteiger partial charge on any atom is -0.394 e. The molecule has 0 aromatic rings. The lowest BCUT2D eigenvalue weighted by molar-refractivity contribution is -0.272. The average Bonchev–Trinajstić information content (AvgIpc) is 0.474. The predicted octanol–water partition coefficient (Wildman–Crippen LogP) is -2.87. The van der Waals surface area contributed by atoms with E-state index in [2.05, 4.69) is 42.5 Å². The maximum Gasteiger partial charge on any atom is 0.473 e. The van der Waals surface area contributed by atoms with Gasteiger partial charge >= 0.3 is 23.5 Å². The summed E-state index contributed by atoms with van der Waals surface area (Å²) >= 11 is 0. The molecule has 0 saturated carbocycles. The molecule has 876 valence electrons. The van der Waals surface area contributed by atoms with E-state index in [1.807, 2.05) is 62.3 Å². The number of unbranched alkanes of at least 4 members (excludes halogenated alkanes) is 1. The van der Waals surface area contributed by atoms with Gasteiger partial charge in [-0.1, -0.05) is 62.3 Å². The van der Waals surface area contributed by atoms with Crippen LogP contribution in [0.3, 0.4) is 0 Å². The summed E-state index contributed by atoms with van der Waals surface area (Å²) in [4.78, 5) is 128. The third-order valence-electron chi connectivity index (χ3n) is 20.6. The molecule has 4 fully saturated rings. The summed E-state index contributed by atoms with van der Waals surface area (Å²) in [6.45, 7) is 35.4. The molecule has 4 aliphatic heterocycles. The molecule has 58 heteroatoms. The highest BCUT2D eigenvalue weighted by molar-refractivity contribution is 7.48. The Morgan fingerprint density at radius 1 is 0.315 bits per heavy atom. The lowest BCUT2D eigenvalue weighted by Gasteiger charge is -2.42. The number of nitrogens with one attached hydrogen (secondary N) is 8. The van der Waals surface area contributed by atoms with Gasteiger partial charge in [0, 0.05) is 47.3 Å². The quantitative estimate of drug-likeness (QED) is 0.0215. The standard InChI is InChI=1S/C41H76N5O21P.C25H49N2O13P.C25H50NO13P/c1-23(49)44-31-35(55)33(53)27(18-47)64-38(31)62-21-29(51)42-12-10-9-11-26(46-30(52)22-63-39-32(45-24(2)50)36(56)34(54)28(19-48)65-39)37(57)43-13-14-60-15-16-61-20-25(17-40(3,4)5)66-68(58,59)67-41(6,7)8;1-16(29)27-20-22(32)21(31)18(13-28)38-23(20)37-15-19(30)26-8-9-35-10-11-36-14-17(12-24(2,3)4)39-41(33,34)40-25(5,6)7;1-17(28)26-20-22(30)21(29)19(15-27)37-23(20)36-13-12-34-9-8-33-10-11-35-16-18(14-24(2,3)4)38-40(31,32)39-25(5,6)7/h25-28,31-36,38-39,47-48,53-56H,9-22H2,1-8H3,(H,42,51)(H,43,57)(H,44,49)(H,45,50)(H,46,52)(H,58,59);17-18,20-23,28,31-32H,8-15H2,1-7H3,(H,26,30)(H,27,29)(H,33,34);18-23,27,29-30H,8-16H2,1-7H3,(H,26,28)(H,31,32)/t25-,26+,27-,28-,31-,32-,33+,34+,35-,36-,38-,39-;17-,18-,20-,21+,22-,23-;18-,19+,20+,21-,22+,23+/m110/s1. The van der Waals surface area contributed by atoms with Crippen LogP contribution in [0.15, 0.2) is 0 Å². The average molecular weight is 2230 g/mol. The van der Waals surface area contributed by atoms with Gasteiger partial charge in [0.1, 0.15) is 123 Å². The zero-order valence-corrected chi connectivity index (χ0v) is 92.6. The van der Waals surface area contributed by atoms with Gasteiger partial charge in [-0.2, -0.15) is 0 Å². The molecule has 3 unspecified atom stereocenters. The van der Waals surface area contributed by atoms with Crippen molar-refractivity contribution in [2.24, 2.45) is 16.2 Å². The highest BCUT2D eigenvalue weighted by Gasteiger charge is 2.51. The molecule has 0 aliphatic carbocycles. The number of carbonyl (C=O) groups is 8. The van der Waals surface area contributed by atoms with Crippen LogP contribution < -0.4 is 42.5 Å². The Morgan fingerprint density at radius 2 is 0.564 bits per heavy atom. The summed E-state index contributed by atoms with van der Waals surface area (Å²) in [6.07, 6.45) is -22.1. The molecule has 4 aliphatic rings. The molecule has 149 heavy (non-hydrogen) atoms. The van der Waals surface area contributed by atoms with Gasteiger partial charge < -0.3 is 190 Å². The zero-order chi connectivity index (χ0) is 113. The second-order valence-corrected chi connectivity index (χ2v) is 46.3. The van der Waals surface area contributed by atoms with Crippen molar-refractivity contribution in [3.63, 3.8) is 0 Å². The van der Waals surface area contributed by atoms with Crippen LogP contribution in [0.25, 0.3) is 0 Å². The van der Waals surface area contributed by atoms with Crippen molar-refractivity contribution in [3.05, 3.63) is 0 Å². The van der Waals surface area contributed by atoms with Crippen molar-refractivity contribution in [3.8, 4) is 0 Å². The molecule has 0 spiro atoms. The number of aliphatic hydroxyl groups excluding tert-OH is 12. The van der Waals surface area contributed by atoms with Crippen LogP contribution in [0.4, 0.5) is 0 Å². The van der Waals surface area contributed by atoms with E-state index in [9.17, 15) is 128 Å². The first-order valence-electron chi connectivity index (χ1n) is 49.3. The van der Waals surface area contributed by atoms with Gasteiger partial charge in [-0.05, 0) is 117 Å². The SMILES string of the molecule is CC(=O)N[C@H]1[C@H](OCC(=O)NCCCC[C@H](NC(=O)CO[C@@H]2O[C@H](CO)[C@H](O)[C@H](O)[C@H]2NC(C)=O)C(=O)NCCOCCOC[C@@H](CC(C)(C)C)OP(=O)(O)OC(C)(C)C)O[C@H](CO)[C@H](O)[C@@H]1O.CC(=O)N[C@H]1[C@H](OCC(=O)NCCOCCOC[C@@H](CC(C)(C)C)OP(=O)(O)OC(C)(C)C)O[C@H](CO)[C@H](O)[C@@H]1O.CC(=O)N[C@H]1[C@H](OCCOCCOCCOC[C@H](CC(C)(C)C)OP(=O)(O)OC(C)(C)C)O[C@H](CO)[C@H](O)[C@@H]1O. The topological polar surface area (TPSA) is 781 Å². The van der Waals surface area contributed by atoms with Crippen molar-refractivity contribution >= 4 is 70.7 Å². The molecule has 23 N–H and O–H groups in total. The summed E-state index contributed by atoms with van der Waals surface area (Å²) in [7, 11) is -13.0. The van der Waals surface area contributed by atoms with E-state index in [0.717, 1.165) is 6.92 Å². The molecule has 0 bridgehead atoms. The van der Waals surface area contributed by atoms with Crippen LogP contribution in [-0.2, 0) is 150 Å². The van der Waals surface area contributed by atoms with Crippen molar-refractivity contribution < 1.29 is 226 Å². The van der Waals surface area contributed by atoms with Gasteiger partial charge in [0.05, 0.1) is 161 Å². The van der Waals surface area contributed by atoms with Crippen LogP contribution >= 0.6 is 23.5 Å². The van der Waals surface area contributed by atoms with E-state index in [1.54, 1.807) is 62.3 Å². The highest BCUT2D eigenvalue weighted by atomic mass is 31.2. The Hall–Kier alpha value is -4.99. The summed E-state index contributed by atoms with van der Waals surface area (Å²) in [6, 6.07) is -5.88. The van der Waals surface area contributed by atoms with Crippen LogP contribution in [0.5, 0.6) is 0 Å². The fraction of sp³-hybridized carbons (Fsp3) is 0.912. The third-order valence-corrected chi connectivity index (χ3v) is 24.6. The minimum atomic E-state index is -4.40. The maximum atomic E-state index is 13.4. The fourth-order valence-corrected chi connectivity index (χ4v) is 18.5. The lowest BCUT2D eigenvalue weighted by Crippen LogP contribution is -2.64. The Morgan fingerprint density at radius 3 is 0.832 bits per heavy atom. The lowest BCUT2D eigenvalue weighted by atomic mass is 9.89. The smallest absolute Gasteiger partial charge is 0.394 e. The number of phosphoric acid groups is 3. The third kappa shape index (κ3) is 62.1. The molecule has 8 amide bonds. The number of aliphatic hydroxyl groups is 12. The maximum absolute atomic E-state index is 13.4. The molecule has 55 nitrogen and oxygen atoms in total. The van der Waals surface area contributed by atoms with Crippen LogP contribution in [0, 0.1) is 16.2 Å². The number of ether oxygens (including phenoxy) is 15. The number of amides is 8. The Balaban J connectivity index is 0.000000799. The molecule has 0 aromatic heterocycles. The van der Waals surface area contributed by atoms with Gasteiger partial charge in [-0.3, -0.25) is 65.5 Å². The number of rotatable bonds is 64. The Labute approximate surface area is 871 Å². The van der Waals surface area contributed by atoms with Crippen LogP contribution in [0.2, 0.25) is 0 Å². The normalized spacial score (nSPS) is 26.6. The first-order chi connectivity index (χ1) is 68.9. The van der Waals surface area contributed by atoms with Crippen molar-refractivity contribution in [2.75, 3.05) is 165 Å². The van der Waals surface area contributed by atoms with E-state index in [4.69, 9.17) is 98.2 Å². The molecule has 4 rings (SSSR count). The second kappa shape index (κ2) is 68.6. The van der Waals surface area contributed by atoms with Gasteiger partial charge in [0.15, 0.2) is 25.2 Å². The number of phosphoric ester groups is 3. The fourth-order valence-electron chi connectivity index (χ4n) is 14.7. The number of hydrogen-bond acceptors (Lipinski definition) is 44. The Bertz CT molecular complexity index is 3990. The predicted molar refractivity (Wildman–Crippen MR) is 525 cm³/mol. The van der Waals surface area contributed by atoms with Gasteiger partial charge in [0.25, 0.3) is 0 Å². The van der Waals surface area contributed by atoms with E-state index in [0.29, 0.717) is 25.7 Å². The molecule has 27 atom stereocenters. The summed E-state index contributed by atoms with van der Waals surface area (Å²) in [5.74, 6) is -4.69. The largest absolute Gasteiger partial charge is 0.473 e. The Kier molecular flexibility index (Phi) is 64.5. The van der Waals surface area contributed by atoms with Crippen LogP contribution in [0.1, 0.15) is 191 Å². The molecule has 0 aromatic carbocycles. The zero-order valence-electron chi connectivity index (χ0n) is 89.9. The van der Waals surface area contributed by atoms with E-state index in [1.165, 1.54) is 20.8 Å². The molecule has 4 heterocycles. The van der Waals surface area contributed by atoms with Crippen molar-refractivity contribution in [1.29, 1.82) is 0 Å². The minimum absolute atomic E-state index is 0.00493. The van der Waals surface area contributed by atoms with Crippen LogP contribution in [-0.4, -0.2) is 452 Å².